The van der Waals surface area contributed by atoms with Crippen LogP contribution < -0.4 is 0 Å². The van der Waals surface area contributed by atoms with E-state index < -0.39 is 10.0 Å². The molecule has 2 saturated heterocycles. The van der Waals surface area contributed by atoms with E-state index in [9.17, 15) is 8.42 Å². The highest BCUT2D eigenvalue weighted by Crippen LogP contribution is 2.28. The van der Waals surface area contributed by atoms with Crippen molar-refractivity contribution in [2.75, 3.05) is 26.3 Å². The number of ether oxygens (including phenoxy) is 2. The molecule has 0 saturated carbocycles. The molecule has 0 spiro atoms. The van der Waals surface area contributed by atoms with Gasteiger partial charge in [-0.3, -0.25) is 0 Å². The maximum absolute atomic E-state index is 12.8. The second-order valence-electron chi connectivity index (χ2n) is 5.69. The SMILES string of the molecule is Cc1ccc(S(=O)(=O)N2CCOC3OCCCC3C2)cc1. The molecule has 0 aromatic heterocycles. The quantitative estimate of drug-likeness (QED) is 0.835. The van der Waals surface area contributed by atoms with Gasteiger partial charge in [0.25, 0.3) is 0 Å². The Labute approximate surface area is 125 Å². The van der Waals surface area contributed by atoms with Crippen LogP contribution in [0.5, 0.6) is 0 Å². The van der Waals surface area contributed by atoms with E-state index >= 15 is 0 Å². The van der Waals surface area contributed by atoms with Gasteiger partial charge in [0.2, 0.25) is 10.0 Å². The Kier molecular flexibility index (Phi) is 4.31. The second-order valence-corrected chi connectivity index (χ2v) is 7.63. The van der Waals surface area contributed by atoms with Crippen LogP contribution in [0.4, 0.5) is 0 Å². The van der Waals surface area contributed by atoms with E-state index in [1.165, 1.54) is 4.31 Å². The fourth-order valence-electron chi connectivity index (χ4n) is 2.88. The second kappa shape index (κ2) is 6.04. The molecule has 2 fully saturated rings. The first-order valence-electron chi connectivity index (χ1n) is 7.37. The van der Waals surface area contributed by atoms with Gasteiger partial charge < -0.3 is 9.47 Å². The molecule has 0 aliphatic carbocycles. The van der Waals surface area contributed by atoms with Crippen molar-refractivity contribution in [3.8, 4) is 0 Å². The van der Waals surface area contributed by atoms with Crippen molar-refractivity contribution in [2.45, 2.75) is 31.0 Å². The van der Waals surface area contributed by atoms with E-state index in [1.54, 1.807) is 12.1 Å². The highest BCUT2D eigenvalue weighted by molar-refractivity contribution is 7.89. The van der Waals surface area contributed by atoms with Gasteiger partial charge in [0.1, 0.15) is 0 Å². The molecule has 1 aromatic carbocycles. The lowest BCUT2D eigenvalue weighted by molar-refractivity contribution is -0.183. The van der Waals surface area contributed by atoms with E-state index in [1.807, 2.05) is 19.1 Å². The molecule has 2 heterocycles. The monoisotopic (exact) mass is 311 g/mol. The van der Waals surface area contributed by atoms with Gasteiger partial charge >= 0.3 is 0 Å². The highest BCUT2D eigenvalue weighted by atomic mass is 32.2. The average molecular weight is 311 g/mol. The zero-order valence-electron chi connectivity index (χ0n) is 12.2. The van der Waals surface area contributed by atoms with Crippen LogP contribution in [-0.4, -0.2) is 45.3 Å². The maximum atomic E-state index is 12.8. The minimum Gasteiger partial charge on any atom is -0.352 e. The maximum Gasteiger partial charge on any atom is 0.243 e. The summed E-state index contributed by atoms with van der Waals surface area (Å²) < 4.78 is 38.3. The first kappa shape index (κ1) is 15.0. The Hall–Kier alpha value is -0.950. The van der Waals surface area contributed by atoms with Crippen molar-refractivity contribution in [2.24, 2.45) is 5.92 Å². The Balaban J connectivity index is 1.82. The predicted octanol–water partition coefficient (Wildman–Crippen LogP) is 1.77. The van der Waals surface area contributed by atoms with Crippen LogP contribution in [0.1, 0.15) is 18.4 Å². The molecule has 6 heteroatoms. The summed E-state index contributed by atoms with van der Waals surface area (Å²) in [6.45, 7) is 3.88. The molecule has 2 aliphatic heterocycles. The summed E-state index contributed by atoms with van der Waals surface area (Å²) in [4.78, 5) is 0.350. The standard InChI is InChI=1S/C15H21NO4S/c1-12-4-6-14(7-5-12)21(17,18)16-8-10-20-15-13(11-16)3-2-9-19-15/h4-7,13,15H,2-3,8-11H2,1H3. The minimum atomic E-state index is -3.45. The molecule has 3 rings (SSSR count). The van der Waals surface area contributed by atoms with Gasteiger partial charge in [-0.05, 0) is 31.9 Å². The van der Waals surface area contributed by atoms with Crippen molar-refractivity contribution >= 4 is 10.0 Å². The Morgan fingerprint density at radius 2 is 1.86 bits per heavy atom. The van der Waals surface area contributed by atoms with Gasteiger partial charge in [0, 0.05) is 25.6 Å². The number of benzene rings is 1. The van der Waals surface area contributed by atoms with E-state index in [0.717, 1.165) is 18.4 Å². The third kappa shape index (κ3) is 3.13. The number of nitrogens with zero attached hydrogens (tertiary/aromatic N) is 1. The van der Waals surface area contributed by atoms with E-state index in [0.29, 0.717) is 31.2 Å². The van der Waals surface area contributed by atoms with E-state index in [4.69, 9.17) is 9.47 Å². The lowest BCUT2D eigenvalue weighted by Crippen LogP contribution is -2.39. The number of hydrogen-bond acceptors (Lipinski definition) is 4. The Morgan fingerprint density at radius 1 is 1.14 bits per heavy atom. The molecule has 21 heavy (non-hydrogen) atoms. The van der Waals surface area contributed by atoms with E-state index in [-0.39, 0.29) is 12.2 Å². The number of sulfonamides is 1. The van der Waals surface area contributed by atoms with Crippen molar-refractivity contribution in [3.63, 3.8) is 0 Å². The van der Waals surface area contributed by atoms with Crippen LogP contribution in [-0.2, 0) is 19.5 Å². The molecule has 0 radical (unpaired) electrons. The predicted molar refractivity (Wildman–Crippen MR) is 78.4 cm³/mol. The summed E-state index contributed by atoms with van der Waals surface area (Å²) in [5, 5.41) is 0. The van der Waals surface area contributed by atoms with E-state index in [2.05, 4.69) is 0 Å². The molecular weight excluding hydrogens is 290 g/mol. The summed E-state index contributed by atoms with van der Waals surface area (Å²) in [5.74, 6) is 0.126. The van der Waals surface area contributed by atoms with Crippen LogP contribution in [0.2, 0.25) is 0 Å². The molecule has 5 nitrogen and oxygen atoms in total. The van der Waals surface area contributed by atoms with Gasteiger partial charge in [-0.2, -0.15) is 4.31 Å². The first-order chi connectivity index (χ1) is 10.1. The Bertz CT molecular complexity index is 584. The number of rotatable bonds is 2. The minimum absolute atomic E-state index is 0.126. The van der Waals surface area contributed by atoms with Gasteiger partial charge in [0.05, 0.1) is 11.5 Å². The molecule has 0 amide bonds. The zero-order chi connectivity index (χ0) is 14.9. The van der Waals surface area contributed by atoms with Gasteiger partial charge in [-0.25, -0.2) is 8.42 Å². The molecule has 2 unspecified atom stereocenters. The molecule has 0 N–H and O–H groups in total. The van der Waals surface area contributed by atoms with Crippen LogP contribution in [0.15, 0.2) is 29.2 Å². The fraction of sp³-hybridized carbons (Fsp3) is 0.600. The van der Waals surface area contributed by atoms with Crippen LogP contribution in [0.25, 0.3) is 0 Å². The smallest absolute Gasteiger partial charge is 0.243 e. The Morgan fingerprint density at radius 3 is 2.62 bits per heavy atom. The summed E-state index contributed by atoms with van der Waals surface area (Å²) in [7, 11) is -3.45. The molecule has 0 bridgehead atoms. The lowest BCUT2D eigenvalue weighted by atomic mass is 10.0. The van der Waals surface area contributed by atoms with Crippen LogP contribution in [0, 0.1) is 12.8 Å². The lowest BCUT2D eigenvalue weighted by Gasteiger charge is -2.30. The largest absolute Gasteiger partial charge is 0.352 e. The molecule has 1 aromatic rings. The first-order valence-corrected chi connectivity index (χ1v) is 8.81. The number of aryl methyl sites for hydroxylation is 1. The normalized spacial score (nSPS) is 27.9. The third-order valence-electron chi connectivity index (χ3n) is 4.11. The van der Waals surface area contributed by atoms with Crippen molar-refractivity contribution in [3.05, 3.63) is 29.8 Å². The third-order valence-corrected chi connectivity index (χ3v) is 5.99. The summed E-state index contributed by atoms with van der Waals surface area (Å²) >= 11 is 0. The number of fused-ring (bicyclic) bond motifs is 1. The van der Waals surface area contributed by atoms with Gasteiger partial charge in [0.15, 0.2) is 6.29 Å². The summed E-state index contributed by atoms with van der Waals surface area (Å²) in [6.07, 6.45) is 1.66. The van der Waals surface area contributed by atoms with Crippen molar-refractivity contribution < 1.29 is 17.9 Å². The molecule has 2 atom stereocenters. The fourth-order valence-corrected chi connectivity index (χ4v) is 4.36. The average Bonchev–Trinajstić information content (AvgIpc) is 2.70. The van der Waals surface area contributed by atoms with Gasteiger partial charge in [-0.15, -0.1) is 0 Å². The van der Waals surface area contributed by atoms with Gasteiger partial charge in [-0.1, -0.05) is 17.7 Å². The van der Waals surface area contributed by atoms with Crippen molar-refractivity contribution in [1.82, 2.24) is 4.31 Å². The molecule has 2 aliphatic rings. The topological polar surface area (TPSA) is 55.8 Å². The van der Waals surface area contributed by atoms with Crippen LogP contribution >= 0.6 is 0 Å². The summed E-state index contributed by atoms with van der Waals surface area (Å²) in [5.41, 5.74) is 1.05. The van der Waals surface area contributed by atoms with Crippen molar-refractivity contribution in [1.29, 1.82) is 0 Å². The number of hydrogen-bond donors (Lipinski definition) is 0. The highest BCUT2D eigenvalue weighted by Gasteiger charge is 2.35. The van der Waals surface area contributed by atoms with Crippen LogP contribution in [0.3, 0.4) is 0 Å². The summed E-state index contributed by atoms with van der Waals surface area (Å²) in [6, 6.07) is 7.00. The zero-order valence-corrected chi connectivity index (χ0v) is 13.0. The molecule has 116 valence electrons. The molecular formula is C15H21NO4S.